The molecule has 0 spiro atoms. The Balaban J connectivity index is 1.99. The minimum Gasteiger partial charge on any atom is -0.507 e. The van der Waals surface area contributed by atoms with E-state index in [4.69, 9.17) is 27.9 Å². The van der Waals surface area contributed by atoms with Crippen LogP contribution in [-0.2, 0) is 11.3 Å². The Labute approximate surface area is 110 Å². The molecule has 1 N–H and O–H groups in total. The van der Waals surface area contributed by atoms with Crippen molar-refractivity contribution in [2.24, 2.45) is 0 Å². The van der Waals surface area contributed by atoms with E-state index in [9.17, 15) is 5.11 Å². The van der Waals surface area contributed by atoms with Crippen molar-refractivity contribution in [1.29, 1.82) is 0 Å². The zero-order chi connectivity index (χ0) is 12.3. The number of hydrogen-bond acceptors (Lipinski definition) is 2. The van der Waals surface area contributed by atoms with E-state index in [1.165, 1.54) is 6.08 Å². The lowest BCUT2D eigenvalue weighted by atomic mass is 10.1. The molecular formula is C13H12Cl2O2. The molecule has 1 aliphatic rings. The number of hydrogen-bond donors (Lipinski definition) is 1. The average Bonchev–Trinajstić information content (AvgIpc) is 2.34. The van der Waals surface area contributed by atoms with Crippen LogP contribution in [0.4, 0.5) is 0 Å². The van der Waals surface area contributed by atoms with Gasteiger partial charge in [0.25, 0.3) is 0 Å². The summed E-state index contributed by atoms with van der Waals surface area (Å²) in [6.07, 6.45) is 3.34. The molecule has 0 heterocycles. The molecule has 1 aliphatic carbocycles. The predicted octanol–water partition coefficient (Wildman–Crippen LogP) is 4.11. The molecule has 0 fully saturated rings. The SMILES string of the molecule is OC1=C(Cl)CC(Cl)(OCc2ccccc2)C=C1. The van der Waals surface area contributed by atoms with Gasteiger partial charge in [-0.15, -0.1) is 0 Å². The second-order valence-electron chi connectivity index (χ2n) is 3.86. The second-order valence-corrected chi connectivity index (χ2v) is 4.96. The van der Waals surface area contributed by atoms with Crippen LogP contribution in [0.5, 0.6) is 0 Å². The van der Waals surface area contributed by atoms with Crippen LogP contribution in [0.15, 0.2) is 53.3 Å². The van der Waals surface area contributed by atoms with Crippen molar-refractivity contribution >= 4 is 23.2 Å². The fourth-order valence-electron chi connectivity index (χ4n) is 1.53. The lowest BCUT2D eigenvalue weighted by Gasteiger charge is -2.26. The van der Waals surface area contributed by atoms with Crippen molar-refractivity contribution in [1.82, 2.24) is 0 Å². The third-order valence-corrected chi connectivity index (χ3v) is 3.18. The van der Waals surface area contributed by atoms with Gasteiger partial charge in [0.05, 0.1) is 11.6 Å². The highest BCUT2D eigenvalue weighted by molar-refractivity contribution is 6.32. The highest BCUT2D eigenvalue weighted by atomic mass is 35.5. The Morgan fingerprint density at radius 2 is 2.00 bits per heavy atom. The van der Waals surface area contributed by atoms with Crippen molar-refractivity contribution in [2.75, 3.05) is 0 Å². The summed E-state index contributed by atoms with van der Waals surface area (Å²) in [5.74, 6) is 0.0475. The molecule has 4 heteroatoms. The van der Waals surface area contributed by atoms with Crippen LogP contribution in [0.1, 0.15) is 12.0 Å². The van der Waals surface area contributed by atoms with Crippen LogP contribution in [0.3, 0.4) is 0 Å². The van der Waals surface area contributed by atoms with Gasteiger partial charge in [0.15, 0.2) is 5.06 Å². The largest absolute Gasteiger partial charge is 0.507 e. The lowest BCUT2D eigenvalue weighted by Crippen LogP contribution is -2.25. The number of aliphatic hydroxyl groups is 1. The first-order chi connectivity index (χ1) is 8.09. The van der Waals surface area contributed by atoms with Crippen LogP contribution in [0, 0.1) is 0 Å². The fraction of sp³-hybridized carbons (Fsp3) is 0.231. The van der Waals surface area contributed by atoms with Gasteiger partial charge in [-0.2, -0.15) is 0 Å². The standard InChI is InChI=1S/C13H12Cl2O2/c14-11-8-13(15,7-6-12(11)16)17-9-10-4-2-1-3-5-10/h1-7,16H,8-9H2. The number of alkyl halides is 1. The zero-order valence-corrected chi connectivity index (χ0v) is 10.6. The van der Waals surface area contributed by atoms with Gasteiger partial charge in [0, 0.05) is 6.42 Å². The first kappa shape index (κ1) is 12.5. The summed E-state index contributed by atoms with van der Waals surface area (Å²) in [5.41, 5.74) is 1.04. The number of benzene rings is 1. The Morgan fingerprint density at radius 3 is 2.65 bits per heavy atom. The van der Waals surface area contributed by atoms with Crippen molar-refractivity contribution in [3.05, 3.63) is 58.8 Å². The Hall–Kier alpha value is -0.960. The quantitative estimate of drug-likeness (QED) is 0.838. The van der Waals surface area contributed by atoms with E-state index in [0.29, 0.717) is 11.6 Å². The number of aliphatic hydroxyl groups excluding tert-OH is 1. The van der Waals surface area contributed by atoms with Gasteiger partial charge >= 0.3 is 0 Å². The van der Waals surface area contributed by atoms with E-state index in [0.717, 1.165) is 5.56 Å². The lowest BCUT2D eigenvalue weighted by molar-refractivity contribution is 0.0400. The Bertz CT molecular complexity index is 454. The molecule has 0 saturated carbocycles. The van der Waals surface area contributed by atoms with Crippen LogP contribution >= 0.6 is 23.2 Å². The molecule has 2 nitrogen and oxygen atoms in total. The molecule has 2 rings (SSSR count). The van der Waals surface area contributed by atoms with Gasteiger partial charge < -0.3 is 9.84 Å². The molecule has 1 atom stereocenters. The number of rotatable bonds is 3. The molecular weight excluding hydrogens is 259 g/mol. The van der Waals surface area contributed by atoms with Crippen molar-refractivity contribution < 1.29 is 9.84 Å². The monoisotopic (exact) mass is 270 g/mol. The van der Waals surface area contributed by atoms with E-state index in [2.05, 4.69) is 0 Å². The Morgan fingerprint density at radius 1 is 1.29 bits per heavy atom. The van der Waals surface area contributed by atoms with Crippen LogP contribution in [0.2, 0.25) is 0 Å². The van der Waals surface area contributed by atoms with E-state index < -0.39 is 5.06 Å². The molecule has 0 saturated heterocycles. The summed E-state index contributed by atoms with van der Waals surface area (Å²) in [7, 11) is 0. The summed E-state index contributed by atoms with van der Waals surface area (Å²) < 4.78 is 5.62. The molecule has 0 aliphatic heterocycles. The van der Waals surface area contributed by atoms with Crippen LogP contribution in [0.25, 0.3) is 0 Å². The average molecular weight is 271 g/mol. The summed E-state index contributed by atoms with van der Waals surface area (Å²) in [6.45, 7) is 0.402. The maximum atomic E-state index is 9.34. The molecule has 0 bridgehead atoms. The van der Waals surface area contributed by atoms with E-state index in [-0.39, 0.29) is 12.2 Å². The zero-order valence-electron chi connectivity index (χ0n) is 9.07. The summed E-state index contributed by atoms with van der Waals surface area (Å²) in [6, 6.07) is 9.74. The van der Waals surface area contributed by atoms with E-state index >= 15 is 0 Å². The van der Waals surface area contributed by atoms with E-state index in [1.807, 2.05) is 30.3 Å². The molecule has 1 aromatic carbocycles. The number of allylic oxidation sites excluding steroid dienone is 1. The highest BCUT2D eigenvalue weighted by Gasteiger charge is 2.30. The number of halogens is 2. The highest BCUT2D eigenvalue weighted by Crippen LogP contribution is 2.35. The van der Waals surface area contributed by atoms with Gasteiger partial charge in [-0.3, -0.25) is 0 Å². The van der Waals surface area contributed by atoms with Crippen molar-refractivity contribution in [2.45, 2.75) is 18.1 Å². The normalized spacial score (nSPS) is 24.1. The maximum Gasteiger partial charge on any atom is 0.166 e. The van der Waals surface area contributed by atoms with Gasteiger partial charge in [-0.05, 0) is 17.7 Å². The minimum absolute atomic E-state index is 0.0475. The molecule has 90 valence electrons. The van der Waals surface area contributed by atoms with Gasteiger partial charge in [-0.1, -0.05) is 53.5 Å². The molecule has 0 amide bonds. The first-order valence-corrected chi connectivity index (χ1v) is 5.98. The van der Waals surface area contributed by atoms with Crippen molar-refractivity contribution in [3.8, 4) is 0 Å². The van der Waals surface area contributed by atoms with Gasteiger partial charge in [0.1, 0.15) is 5.76 Å². The third kappa shape index (κ3) is 3.25. The number of ether oxygens (including phenoxy) is 1. The third-order valence-electron chi connectivity index (χ3n) is 2.49. The maximum absolute atomic E-state index is 9.34. The summed E-state index contributed by atoms with van der Waals surface area (Å²) in [4.78, 5) is 0. The summed E-state index contributed by atoms with van der Waals surface area (Å²) >= 11 is 12.1. The van der Waals surface area contributed by atoms with Gasteiger partial charge in [-0.25, -0.2) is 0 Å². The molecule has 0 radical (unpaired) electrons. The topological polar surface area (TPSA) is 29.5 Å². The molecule has 17 heavy (non-hydrogen) atoms. The molecule has 1 unspecified atom stereocenters. The Kier molecular flexibility index (Phi) is 3.77. The predicted molar refractivity (Wildman–Crippen MR) is 69.1 cm³/mol. The summed E-state index contributed by atoms with van der Waals surface area (Å²) in [5, 5.41) is 8.68. The second kappa shape index (κ2) is 5.13. The fourth-order valence-corrected chi connectivity index (χ4v) is 2.11. The smallest absolute Gasteiger partial charge is 0.166 e. The van der Waals surface area contributed by atoms with Crippen LogP contribution < -0.4 is 0 Å². The first-order valence-electron chi connectivity index (χ1n) is 5.23. The van der Waals surface area contributed by atoms with E-state index in [1.54, 1.807) is 6.08 Å². The minimum atomic E-state index is -0.973. The van der Waals surface area contributed by atoms with Gasteiger partial charge in [0.2, 0.25) is 0 Å². The molecule has 1 aromatic rings. The van der Waals surface area contributed by atoms with Crippen LogP contribution in [-0.4, -0.2) is 10.2 Å². The van der Waals surface area contributed by atoms with Crippen molar-refractivity contribution in [3.63, 3.8) is 0 Å². The molecule has 0 aromatic heterocycles.